The summed E-state index contributed by atoms with van der Waals surface area (Å²) < 4.78 is 44.7. The highest BCUT2D eigenvalue weighted by molar-refractivity contribution is 6.30. The van der Waals surface area contributed by atoms with Crippen LogP contribution in [0.25, 0.3) is 0 Å². The summed E-state index contributed by atoms with van der Waals surface area (Å²) >= 11 is 5.95. The van der Waals surface area contributed by atoms with Crippen LogP contribution in [0.1, 0.15) is 41.4 Å². The lowest BCUT2D eigenvalue weighted by molar-refractivity contribution is -0.139. The normalized spacial score (nSPS) is 20.4. The van der Waals surface area contributed by atoms with E-state index in [0.717, 1.165) is 12.1 Å². The Kier molecular flexibility index (Phi) is 8.74. The fraction of sp³-hybridized carbons (Fsp3) is 0.393. The summed E-state index contributed by atoms with van der Waals surface area (Å²) in [5, 5.41) is 3.25. The van der Waals surface area contributed by atoms with Gasteiger partial charge in [0.25, 0.3) is 5.91 Å². The molecule has 8 nitrogen and oxygen atoms in total. The molecule has 2 aromatic carbocycles. The van der Waals surface area contributed by atoms with E-state index >= 15 is 0 Å². The highest BCUT2D eigenvalue weighted by atomic mass is 35.5. The maximum absolute atomic E-state index is 13.2. The number of nitrogens with zero attached hydrogens (tertiary/aromatic N) is 3. The summed E-state index contributed by atoms with van der Waals surface area (Å²) in [6, 6.07) is 9.35. The largest absolute Gasteiger partial charge is 0.463 e. The molecule has 3 amide bonds. The Morgan fingerprint density at radius 1 is 1.07 bits per heavy atom. The van der Waals surface area contributed by atoms with Crippen LogP contribution in [0.15, 0.2) is 59.8 Å². The molecule has 0 saturated carbocycles. The van der Waals surface area contributed by atoms with Crippen molar-refractivity contribution in [1.82, 2.24) is 20.0 Å². The minimum atomic E-state index is -4.52. The number of amides is 3. The molecule has 1 N–H and O–H groups in total. The molecule has 214 valence electrons. The first kappa shape index (κ1) is 29.4. The van der Waals surface area contributed by atoms with Gasteiger partial charge in [0.2, 0.25) is 0 Å². The first-order chi connectivity index (χ1) is 18.9. The number of piperazine rings is 1. The van der Waals surface area contributed by atoms with Gasteiger partial charge in [-0.3, -0.25) is 14.6 Å². The van der Waals surface area contributed by atoms with Crippen molar-refractivity contribution in [2.75, 3.05) is 39.8 Å². The lowest BCUT2D eigenvalue weighted by Crippen LogP contribution is -2.56. The molecule has 0 aromatic heterocycles. The van der Waals surface area contributed by atoms with Crippen molar-refractivity contribution in [1.29, 1.82) is 0 Å². The molecule has 2 aliphatic rings. The number of benzene rings is 2. The molecular weight excluding hydrogens is 549 g/mol. The Morgan fingerprint density at radius 3 is 2.30 bits per heavy atom. The van der Waals surface area contributed by atoms with Gasteiger partial charge in [0, 0.05) is 55.6 Å². The van der Waals surface area contributed by atoms with E-state index in [0.29, 0.717) is 41.5 Å². The Morgan fingerprint density at radius 2 is 1.73 bits per heavy atom. The number of esters is 1. The van der Waals surface area contributed by atoms with Gasteiger partial charge in [-0.05, 0) is 55.8 Å². The number of ether oxygens (including phenoxy) is 1. The van der Waals surface area contributed by atoms with E-state index in [1.54, 1.807) is 36.1 Å². The molecule has 1 fully saturated rings. The zero-order chi connectivity index (χ0) is 29.2. The van der Waals surface area contributed by atoms with Gasteiger partial charge in [0.15, 0.2) is 0 Å². The molecule has 0 bridgehead atoms. The number of hydrogen-bond donors (Lipinski definition) is 1. The van der Waals surface area contributed by atoms with Crippen LogP contribution in [0.5, 0.6) is 0 Å². The van der Waals surface area contributed by atoms with Crippen molar-refractivity contribution in [2.24, 2.45) is 0 Å². The zero-order valence-electron chi connectivity index (χ0n) is 22.3. The fourth-order valence-corrected chi connectivity index (χ4v) is 5.09. The van der Waals surface area contributed by atoms with E-state index in [1.807, 2.05) is 11.8 Å². The number of rotatable bonds is 6. The molecule has 4 rings (SSSR count). The lowest BCUT2D eigenvalue weighted by Gasteiger charge is -2.42. The molecule has 40 heavy (non-hydrogen) atoms. The number of hydrogen-bond acceptors (Lipinski definition) is 5. The standard InChI is InChI=1S/C28H30ClF3N4O4/c1-4-40-26(38)23-22(34(3)27(39)33-24(23)18-5-9-20(10-6-18)28(30,31)32)16-35-13-14-36(17(2)15-35)25(37)19-7-11-21(29)12-8-19/h5-12,17,24H,4,13-16H2,1-3H3,(H,33,39)/t17-,24-/m0/s1. The predicted octanol–water partition coefficient (Wildman–Crippen LogP) is 4.72. The van der Waals surface area contributed by atoms with Gasteiger partial charge in [-0.2, -0.15) is 13.2 Å². The summed E-state index contributed by atoms with van der Waals surface area (Å²) in [6.07, 6.45) is -4.52. The third-order valence-corrected chi connectivity index (χ3v) is 7.33. The third kappa shape index (κ3) is 6.26. The topological polar surface area (TPSA) is 82.2 Å². The quantitative estimate of drug-likeness (QED) is 0.502. The van der Waals surface area contributed by atoms with Crippen LogP contribution >= 0.6 is 11.6 Å². The highest BCUT2D eigenvalue weighted by Crippen LogP contribution is 2.34. The first-order valence-electron chi connectivity index (χ1n) is 12.8. The van der Waals surface area contributed by atoms with Gasteiger partial charge in [-0.1, -0.05) is 23.7 Å². The second-order valence-corrected chi connectivity index (χ2v) is 10.2. The van der Waals surface area contributed by atoms with Crippen LogP contribution in [0.4, 0.5) is 18.0 Å². The van der Waals surface area contributed by atoms with Gasteiger partial charge in [-0.15, -0.1) is 0 Å². The van der Waals surface area contributed by atoms with E-state index in [9.17, 15) is 27.6 Å². The number of halogens is 4. The van der Waals surface area contributed by atoms with Gasteiger partial charge in [0.05, 0.1) is 23.8 Å². The molecule has 2 aromatic rings. The molecule has 2 heterocycles. The van der Waals surface area contributed by atoms with Crippen LogP contribution in [0, 0.1) is 0 Å². The second kappa shape index (κ2) is 11.9. The zero-order valence-corrected chi connectivity index (χ0v) is 23.1. The van der Waals surface area contributed by atoms with Gasteiger partial charge < -0.3 is 15.0 Å². The minimum Gasteiger partial charge on any atom is -0.463 e. The molecule has 0 aliphatic carbocycles. The minimum absolute atomic E-state index is 0.0789. The van der Waals surface area contributed by atoms with Gasteiger partial charge >= 0.3 is 18.2 Å². The van der Waals surface area contributed by atoms with Crippen LogP contribution < -0.4 is 5.32 Å². The summed E-state index contributed by atoms with van der Waals surface area (Å²) in [4.78, 5) is 44.3. The molecule has 12 heteroatoms. The van der Waals surface area contributed by atoms with E-state index in [1.165, 1.54) is 24.1 Å². The smallest absolute Gasteiger partial charge is 0.416 e. The monoisotopic (exact) mass is 578 g/mol. The SMILES string of the molecule is CCOC(=O)C1=C(CN2CCN(C(=O)c3ccc(Cl)cc3)[C@@H](C)C2)N(C)C(=O)N[C@H]1c1ccc(C(F)(F)F)cc1. The molecular formula is C28H30ClF3N4O4. The van der Waals surface area contributed by atoms with E-state index in [2.05, 4.69) is 5.32 Å². The lowest BCUT2D eigenvalue weighted by atomic mass is 9.93. The molecule has 1 saturated heterocycles. The average Bonchev–Trinajstić information content (AvgIpc) is 2.91. The van der Waals surface area contributed by atoms with Crippen molar-refractivity contribution >= 4 is 29.5 Å². The summed E-state index contributed by atoms with van der Waals surface area (Å²) in [6.45, 7) is 5.21. The van der Waals surface area contributed by atoms with E-state index < -0.39 is 29.8 Å². The molecule has 0 spiro atoms. The Balaban J connectivity index is 1.60. The van der Waals surface area contributed by atoms with Crippen molar-refractivity contribution in [3.63, 3.8) is 0 Å². The van der Waals surface area contributed by atoms with E-state index in [-0.39, 0.29) is 30.7 Å². The number of carbonyl (C=O) groups is 3. The summed E-state index contributed by atoms with van der Waals surface area (Å²) in [7, 11) is 1.52. The van der Waals surface area contributed by atoms with Crippen molar-refractivity contribution in [3.05, 3.63) is 81.5 Å². The number of urea groups is 1. The molecule has 2 atom stereocenters. The number of nitrogens with one attached hydrogen (secondary N) is 1. The van der Waals surface area contributed by atoms with Crippen molar-refractivity contribution in [3.8, 4) is 0 Å². The molecule has 0 radical (unpaired) electrons. The van der Waals surface area contributed by atoms with Crippen LogP contribution in [0.2, 0.25) is 5.02 Å². The van der Waals surface area contributed by atoms with Crippen LogP contribution in [0.3, 0.4) is 0 Å². The Labute approximate surface area is 235 Å². The van der Waals surface area contributed by atoms with Crippen LogP contribution in [-0.2, 0) is 15.7 Å². The van der Waals surface area contributed by atoms with Gasteiger partial charge in [-0.25, -0.2) is 9.59 Å². The van der Waals surface area contributed by atoms with E-state index in [4.69, 9.17) is 16.3 Å². The second-order valence-electron chi connectivity index (χ2n) is 9.73. The van der Waals surface area contributed by atoms with Crippen molar-refractivity contribution < 1.29 is 32.3 Å². The molecule has 2 aliphatic heterocycles. The Bertz CT molecular complexity index is 1300. The summed E-state index contributed by atoms with van der Waals surface area (Å²) in [5.74, 6) is -0.786. The number of likely N-dealkylation sites (N-methyl/N-ethyl adjacent to an activating group) is 1. The predicted molar refractivity (Wildman–Crippen MR) is 143 cm³/mol. The highest BCUT2D eigenvalue weighted by Gasteiger charge is 2.39. The van der Waals surface area contributed by atoms with Crippen LogP contribution in [-0.4, -0.2) is 78.5 Å². The Hall–Kier alpha value is -3.57. The first-order valence-corrected chi connectivity index (χ1v) is 13.2. The van der Waals surface area contributed by atoms with Crippen molar-refractivity contribution in [2.45, 2.75) is 32.1 Å². The molecule has 0 unspecified atom stereocenters. The average molecular weight is 579 g/mol. The van der Waals surface area contributed by atoms with Gasteiger partial charge in [0.1, 0.15) is 0 Å². The fourth-order valence-electron chi connectivity index (χ4n) is 4.96. The number of carbonyl (C=O) groups excluding carboxylic acids is 3. The number of alkyl halides is 3. The third-order valence-electron chi connectivity index (χ3n) is 7.08. The maximum Gasteiger partial charge on any atom is 0.416 e. The summed E-state index contributed by atoms with van der Waals surface area (Å²) in [5.41, 5.74) is 0.548. The maximum atomic E-state index is 13.2.